The molecule has 1 aliphatic heterocycles. The molecule has 0 saturated heterocycles. The van der Waals surface area contributed by atoms with Gasteiger partial charge in [-0.05, 0) is 18.1 Å². The number of carbonyl (C=O) groups is 1. The first-order chi connectivity index (χ1) is 11.0. The second-order valence-electron chi connectivity index (χ2n) is 5.64. The lowest BCUT2D eigenvalue weighted by molar-refractivity contribution is 0.0796. The summed E-state index contributed by atoms with van der Waals surface area (Å²) in [6.07, 6.45) is 2.35. The Morgan fingerprint density at radius 2 is 1.91 bits per heavy atom. The van der Waals surface area contributed by atoms with E-state index in [0.29, 0.717) is 18.8 Å². The Balaban J connectivity index is 1.82. The van der Waals surface area contributed by atoms with Crippen LogP contribution >= 0.6 is 0 Å². The lowest BCUT2D eigenvalue weighted by Crippen LogP contribution is -2.26. The highest BCUT2D eigenvalue weighted by Gasteiger charge is 2.25. The zero-order chi connectivity index (χ0) is 16.4. The molecule has 0 unspecified atom stereocenters. The van der Waals surface area contributed by atoms with Gasteiger partial charge in [-0.3, -0.25) is 4.79 Å². The average molecular weight is 333 g/mol. The van der Waals surface area contributed by atoms with E-state index >= 15 is 0 Å². The fraction of sp³-hybridized carbons (Fsp3) is 0.312. The highest BCUT2D eigenvalue weighted by atomic mass is 32.2. The van der Waals surface area contributed by atoms with E-state index in [0.717, 1.165) is 12.0 Å². The number of hydrogen-bond acceptors (Lipinski definition) is 3. The van der Waals surface area contributed by atoms with E-state index < -0.39 is 10.0 Å². The summed E-state index contributed by atoms with van der Waals surface area (Å²) >= 11 is 0. The summed E-state index contributed by atoms with van der Waals surface area (Å²) in [6, 6.07) is 10.8. The lowest BCUT2D eigenvalue weighted by Gasteiger charge is -2.12. The van der Waals surface area contributed by atoms with Crippen molar-refractivity contribution in [3.8, 4) is 0 Å². The van der Waals surface area contributed by atoms with Gasteiger partial charge in [-0.25, -0.2) is 13.1 Å². The smallest absolute Gasteiger partial charge is 0.270 e. The monoisotopic (exact) mass is 333 g/mol. The number of sulfonamides is 1. The quantitative estimate of drug-likeness (QED) is 0.920. The van der Waals surface area contributed by atoms with Crippen molar-refractivity contribution in [3.63, 3.8) is 0 Å². The molecule has 2 aromatic rings. The number of nitrogens with zero attached hydrogens (tertiary/aromatic N) is 2. The average Bonchev–Trinajstić information content (AvgIpc) is 2.93. The molecule has 0 aliphatic carbocycles. The van der Waals surface area contributed by atoms with Crippen LogP contribution in [-0.4, -0.2) is 37.4 Å². The van der Waals surface area contributed by atoms with Crippen LogP contribution < -0.4 is 4.72 Å². The summed E-state index contributed by atoms with van der Waals surface area (Å²) < 4.78 is 29.2. The van der Waals surface area contributed by atoms with E-state index in [1.165, 1.54) is 6.07 Å². The molecular weight excluding hydrogens is 314 g/mol. The molecule has 1 amide bonds. The maximum atomic E-state index is 12.4. The molecule has 7 heteroatoms. The van der Waals surface area contributed by atoms with Crippen molar-refractivity contribution >= 4 is 15.9 Å². The zero-order valence-electron chi connectivity index (χ0n) is 12.9. The molecule has 0 atom stereocenters. The lowest BCUT2D eigenvalue weighted by atomic mass is 10.2. The van der Waals surface area contributed by atoms with Gasteiger partial charge in [0.05, 0.1) is 0 Å². The molecule has 3 rings (SSSR count). The predicted octanol–water partition coefficient (Wildman–Crippen LogP) is 1.44. The van der Waals surface area contributed by atoms with Crippen LogP contribution in [0.5, 0.6) is 0 Å². The zero-order valence-corrected chi connectivity index (χ0v) is 13.7. The SMILES string of the molecule is CN1CCCn2cc(S(=O)(=O)NCc3ccccc3)cc2C1=O. The van der Waals surface area contributed by atoms with Crippen LogP contribution in [0.25, 0.3) is 0 Å². The van der Waals surface area contributed by atoms with Crippen LogP contribution in [0.2, 0.25) is 0 Å². The molecule has 1 aromatic carbocycles. The number of carbonyl (C=O) groups excluding carboxylic acids is 1. The van der Waals surface area contributed by atoms with Crippen LogP contribution in [0.1, 0.15) is 22.5 Å². The third kappa shape index (κ3) is 3.30. The van der Waals surface area contributed by atoms with Gasteiger partial charge in [0.1, 0.15) is 10.6 Å². The third-order valence-electron chi connectivity index (χ3n) is 3.95. The van der Waals surface area contributed by atoms with Crippen molar-refractivity contribution in [3.05, 3.63) is 53.9 Å². The van der Waals surface area contributed by atoms with Gasteiger partial charge in [-0.1, -0.05) is 30.3 Å². The van der Waals surface area contributed by atoms with Crippen LogP contribution in [0.4, 0.5) is 0 Å². The van der Waals surface area contributed by atoms with Crippen LogP contribution in [0.3, 0.4) is 0 Å². The molecule has 0 radical (unpaired) electrons. The Labute approximate surface area is 135 Å². The van der Waals surface area contributed by atoms with Gasteiger partial charge in [-0.2, -0.15) is 0 Å². The van der Waals surface area contributed by atoms with E-state index in [9.17, 15) is 13.2 Å². The molecule has 122 valence electrons. The summed E-state index contributed by atoms with van der Waals surface area (Å²) in [6.45, 7) is 1.53. The molecule has 0 saturated carbocycles. The first kappa shape index (κ1) is 15.8. The minimum absolute atomic E-state index is 0.132. The minimum Gasteiger partial charge on any atom is -0.342 e. The Morgan fingerprint density at radius 1 is 1.17 bits per heavy atom. The van der Waals surface area contributed by atoms with E-state index in [-0.39, 0.29) is 17.3 Å². The Hall–Kier alpha value is -2.12. The maximum Gasteiger partial charge on any atom is 0.270 e. The number of amides is 1. The second-order valence-corrected chi connectivity index (χ2v) is 7.41. The number of hydrogen-bond donors (Lipinski definition) is 1. The standard InChI is InChI=1S/C16H19N3O3S/c1-18-8-5-9-19-12-14(10-15(19)16(18)20)23(21,22)17-11-13-6-3-2-4-7-13/h2-4,6-7,10,12,17H,5,8-9,11H2,1H3. The summed E-state index contributed by atoms with van der Waals surface area (Å²) in [7, 11) is -1.92. The first-order valence-electron chi connectivity index (χ1n) is 7.46. The molecule has 0 fully saturated rings. The molecule has 2 heterocycles. The Kier molecular flexibility index (Phi) is 4.23. The van der Waals surface area contributed by atoms with Crippen molar-refractivity contribution in [2.75, 3.05) is 13.6 Å². The largest absolute Gasteiger partial charge is 0.342 e. The van der Waals surface area contributed by atoms with Gasteiger partial charge in [0, 0.05) is 32.9 Å². The van der Waals surface area contributed by atoms with E-state index in [2.05, 4.69) is 4.72 Å². The normalized spacial score (nSPS) is 15.3. The molecule has 0 spiro atoms. The molecule has 23 heavy (non-hydrogen) atoms. The summed E-state index contributed by atoms with van der Waals surface area (Å²) in [4.78, 5) is 14.0. The van der Waals surface area contributed by atoms with Gasteiger partial charge in [0.2, 0.25) is 10.0 Å². The second kappa shape index (κ2) is 6.17. The van der Waals surface area contributed by atoms with Crippen molar-refractivity contribution in [1.82, 2.24) is 14.2 Å². The molecule has 1 aromatic heterocycles. The van der Waals surface area contributed by atoms with Crippen molar-refractivity contribution in [1.29, 1.82) is 0 Å². The molecule has 6 nitrogen and oxygen atoms in total. The fourth-order valence-electron chi connectivity index (χ4n) is 2.63. The third-order valence-corrected chi connectivity index (χ3v) is 5.32. The van der Waals surface area contributed by atoms with Crippen LogP contribution in [0, 0.1) is 0 Å². The first-order valence-corrected chi connectivity index (χ1v) is 8.95. The maximum absolute atomic E-state index is 12.4. The van der Waals surface area contributed by atoms with E-state index in [4.69, 9.17) is 0 Å². The van der Waals surface area contributed by atoms with Crippen molar-refractivity contribution in [2.24, 2.45) is 0 Å². The number of rotatable bonds is 4. The van der Waals surface area contributed by atoms with Gasteiger partial charge in [0.25, 0.3) is 5.91 Å². The molecule has 0 bridgehead atoms. The molecule has 1 aliphatic rings. The summed E-state index contributed by atoms with van der Waals surface area (Å²) in [5.41, 5.74) is 1.30. The van der Waals surface area contributed by atoms with Crippen molar-refractivity contribution in [2.45, 2.75) is 24.4 Å². The van der Waals surface area contributed by atoms with Gasteiger partial charge < -0.3 is 9.47 Å². The number of aryl methyl sites for hydroxylation is 1. The Bertz CT molecular complexity index is 812. The minimum atomic E-state index is -3.65. The summed E-state index contributed by atoms with van der Waals surface area (Å²) in [5, 5.41) is 0. The highest BCUT2D eigenvalue weighted by Crippen LogP contribution is 2.19. The molecular formula is C16H19N3O3S. The fourth-order valence-corrected chi connectivity index (χ4v) is 3.68. The number of nitrogens with one attached hydrogen (secondary N) is 1. The molecule has 1 N–H and O–H groups in total. The number of benzene rings is 1. The van der Waals surface area contributed by atoms with Crippen LogP contribution in [-0.2, 0) is 23.1 Å². The predicted molar refractivity (Wildman–Crippen MR) is 86.5 cm³/mol. The number of aromatic nitrogens is 1. The summed E-state index contributed by atoms with van der Waals surface area (Å²) in [5.74, 6) is -0.146. The topological polar surface area (TPSA) is 71.4 Å². The van der Waals surface area contributed by atoms with E-state index in [1.54, 1.807) is 22.7 Å². The van der Waals surface area contributed by atoms with Gasteiger partial charge in [-0.15, -0.1) is 0 Å². The van der Waals surface area contributed by atoms with Gasteiger partial charge >= 0.3 is 0 Å². The van der Waals surface area contributed by atoms with Crippen molar-refractivity contribution < 1.29 is 13.2 Å². The van der Waals surface area contributed by atoms with Gasteiger partial charge in [0.15, 0.2) is 0 Å². The van der Waals surface area contributed by atoms with E-state index in [1.807, 2.05) is 30.3 Å². The number of fused-ring (bicyclic) bond motifs is 1. The van der Waals surface area contributed by atoms with Crippen LogP contribution in [0.15, 0.2) is 47.5 Å². The Morgan fingerprint density at radius 3 is 2.65 bits per heavy atom. The highest BCUT2D eigenvalue weighted by molar-refractivity contribution is 7.89.